The van der Waals surface area contributed by atoms with Crippen molar-refractivity contribution in [3.63, 3.8) is 0 Å². The van der Waals surface area contributed by atoms with Crippen molar-refractivity contribution in [1.82, 2.24) is 4.90 Å². The lowest BCUT2D eigenvalue weighted by atomic mass is 10.0. The average Bonchev–Trinajstić information content (AvgIpc) is 3.52. The van der Waals surface area contributed by atoms with E-state index in [1.807, 2.05) is 30.3 Å². The van der Waals surface area contributed by atoms with Gasteiger partial charge in [-0.25, -0.2) is 0 Å². The lowest BCUT2D eigenvalue weighted by Gasteiger charge is -2.22. The van der Waals surface area contributed by atoms with Gasteiger partial charge in [0, 0.05) is 23.2 Å². The van der Waals surface area contributed by atoms with Gasteiger partial charge < -0.3 is 5.32 Å². The molecule has 1 amide bonds. The SMILES string of the molecule is C=CCSc1ccccc1NC(=O)CN(Cc1ccc(C(C)C)cc1)C1CC1. The number of nitrogens with one attached hydrogen (secondary N) is 1. The Labute approximate surface area is 173 Å². The van der Waals surface area contributed by atoms with Crippen LogP contribution < -0.4 is 5.32 Å². The minimum atomic E-state index is 0.0531. The molecule has 0 unspecified atom stereocenters. The van der Waals surface area contributed by atoms with Gasteiger partial charge in [0.2, 0.25) is 5.91 Å². The smallest absolute Gasteiger partial charge is 0.238 e. The van der Waals surface area contributed by atoms with Crippen LogP contribution in [0.25, 0.3) is 0 Å². The lowest BCUT2D eigenvalue weighted by molar-refractivity contribution is -0.117. The molecular weight excluding hydrogens is 364 g/mol. The molecule has 3 rings (SSSR count). The van der Waals surface area contributed by atoms with Crippen molar-refractivity contribution < 1.29 is 4.79 Å². The number of rotatable bonds is 10. The quantitative estimate of drug-likeness (QED) is 0.415. The van der Waals surface area contributed by atoms with E-state index in [2.05, 4.69) is 54.9 Å². The molecule has 1 aliphatic rings. The van der Waals surface area contributed by atoms with Crippen molar-refractivity contribution in [2.45, 2.75) is 50.1 Å². The van der Waals surface area contributed by atoms with Crippen LogP contribution >= 0.6 is 11.8 Å². The highest BCUT2D eigenvalue weighted by molar-refractivity contribution is 7.99. The first-order valence-corrected chi connectivity index (χ1v) is 11.0. The normalized spacial score (nSPS) is 13.7. The summed E-state index contributed by atoms with van der Waals surface area (Å²) in [6.45, 7) is 9.44. The number of hydrogen-bond acceptors (Lipinski definition) is 3. The molecule has 0 saturated heterocycles. The van der Waals surface area contributed by atoms with E-state index < -0.39 is 0 Å². The number of anilines is 1. The van der Waals surface area contributed by atoms with E-state index in [-0.39, 0.29) is 5.91 Å². The summed E-state index contributed by atoms with van der Waals surface area (Å²) >= 11 is 1.69. The van der Waals surface area contributed by atoms with Gasteiger partial charge in [0.05, 0.1) is 12.2 Å². The molecule has 0 heterocycles. The van der Waals surface area contributed by atoms with Crippen molar-refractivity contribution >= 4 is 23.4 Å². The molecule has 1 aliphatic carbocycles. The number of nitrogens with zero attached hydrogens (tertiary/aromatic N) is 1. The van der Waals surface area contributed by atoms with Crippen molar-refractivity contribution in [2.24, 2.45) is 0 Å². The molecule has 0 radical (unpaired) electrons. The summed E-state index contributed by atoms with van der Waals surface area (Å²) in [7, 11) is 0. The van der Waals surface area contributed by atoms with E-state index in [4.69, 9.17) is 0 Å². The molecule has 0 spiro atoms. The minimum Gasteiger partial charge on any atom is -0.324 e. The van der Waals surface area contributed by atoms with E-state index in [1.165, 1.54) is 24.0 Å². The van der Waals surface area contributed by atoms with Gasteiger partial charge in [-0.05, 0) is 42.0 Å². The second-order valence-corrected chi connectivity index (χ2v) is 8.74. The molecule has 0 aliphatic heterocycles. The molecule has 2 aromatic carbocycles. The summed E-state index contributed by atoms with van der Waals surface area (Å²) in [6.07, 6.45) is 4.24. The van der Waals surface area contributed by atoms with Crippen LogP contribution in [0.3, 0.4) is 0 Å². The molecule has 0 atom stereocenters. The fourth-order valence-corrected chi connectivity index (χ4v) is 3.96. The van der Waals surface area contributed by atoms with Gasteiger partial charge in [-0.15, -0.1) is 18.3 Å². The third kappa shape index (κ3) is 5.98. The predicted molar refractivity (Wildman–Crippen MR) is 120 cm³/mol. The second-order valence-electron chi connectivity index (χ2n) is 7.68. The van der Waals surface area contributed by atoms with Crippen LogP contribution in [0.2, 0.25) is 0 Å². The molecule has 2 aromatic rings. The van der Waals surface area contributed by atoms with E-state index >= 15 is 0 Å². The Bertz CT molecular complexity index is 797. The fraction of sp³-hybridized carbons (Fsp3) is 0.375. The molecule has 0 aromatic heterocycles. The van der Waals surface area contributed by atoms with Crippen molar-refractivity contribution in [2.75, 3.05) is 17.6 Å². The maximum absolute atomic E-state index is 12.7. The van der Waals surface area contributed by atoms with E-state index in [0.717, 1.165) is 22.9 Å². The zero-order chi connectivity index (χ0) is 19.9. The first kappa shape index (κ1) is 20.7. The molecule has 1 fully saturated rings. The number of para-hydroxylation sites is 1. The molecule has 0 bridgehead atoms. The molecule has 3 nitrogen and oxygen atoms in total. The molecule has 1 saturated carbocycles. The summed E-state index contributed by atoms with van der Waals surface area (Å²) in [4.78, 5) is 16.1. The minimum absolute atomic E-state index is 0.0531. The zero-order valence-corrected chi connectivity index (χ0v) is 17.7. The third-order valence-corrected chi connectivity index (χ3v) is 6.03. The Morgan fingerprint density at radius 2 is 1.93 bits per heavy atom. The fourth-order valence-electron chi connectivity index (χ4n) is 3.21. The number of amides is 1. The third-order valence-electron chi connectivity index (χ3n) is 4.96. The van der Waals surface area contributed by atoms with Crippen LogP contribution in [-0.4, -0.2) is 29.1 Å². The van der Waals surface area contributed by atoms with Crippen molar-refractivity contribution in [3.8, 4) is 0 Å². The summed E-state index contributed by atoms with van der Waals surface area (Å²) in [5.41, 5.74) is 3.51. The number of carbonyl (C=O) groups is 1. The second kappa shape index (κ2) is 9.94. The number of benzene rings is 2. The number of hydrogen-bond donors (Lipinski definition) is 1. The van der Waals surface area contributed by atoms with Gasteiger partial charge in [0.15, 0.2) is 0 Å². The highest BCUT2D eigenvalue weighted by atomic mass is 32.2. The van der Waals surface area contributed by atoms with Crippen LogP contribution in [0.4, 0.5) is 5.69 Å². The maximum Gasteiger partial charge on any atom is 0.238 e. The molecule has 4 heteroatoms. The largest absolute Gasteiger partial charge is 0.324 e. The number of thioether (sulfide) groups is 1. The summed E-state index contributed by atoms with van der Waals surface area (Å²) in [5, 5.41) is 3.11. The zero-order valence-electron chi connectivity index (χ0n) is 16.9. The molecule has 1 N–H and O–H groups in total. The predicted octanol–water partition coefficient (Wildman–Crippen LogP) is 5.69. The maximum atomic E-state index is 12.7. The Balaban J connectivity index is 1.61. The van der Waals surface area contributed by atoms with Crippen molar-refractivity contribution in [3.05, 3.63) is 72.3 Å². The summed E-state index contributed by atoms with van der Waals surface area (Å²) in [6, 6.07) is 17.3. The topological polar surface area (TPSA) is 32.3 Å². The lowest BCUT2D eigenvalue weighted by Crippen LogP contribution is -2.34. The van der Waals surface area contributed by atoms with Crippen LogP contribution in [-0.2, 0) is 11.3 Å². The first-order chi connectivity index (χ1) is 13.6. The van der Waals surface area contributed by atoms with Gasteiger partial charge in [0.1, 0.15) is 0 Å². The van der Waals surface area contributed by atoms with Crippen LogP contribution in [0.1, 0.15) is 43.7 Å². The molecule has 28 heavy (non-hydrogen) atoms. The van der Waals surface area contributed by atoms with Gasteiger partial charge in [-0.3, -0.25) is 9.69 Å². The summed E-state index contributed by atoms with van der Waals surface area (Å²) < 4.78 is 0. The Hall–Kier alpha value is -2.04. The molecule has 148 valence electrons. The Morgan fingerprint density at radius 3 is 2.57 bits per heavy atom. The Kier molecular flexibility index (Phi) is 7.35. The number of carbonyl (C=O) groups excluding carboxylic acids is 1. The van der Waals surface area contributed by atoms with E-state index in [0.29, 0.717) is 18.5 Å². The van der Waals surface area contributed by atoms with Crippen LogP contribution in [0, 0.1) is 0 Å². The summed E-state index contributed by atoms with van der Waals surface area (Å²) in [5.74, 6) is 1.42. The highest BCUT2D eigenvalue weighted by Crippen LogP contribution is 2.30. The van der Waals surface area contributed by atoms with Gasteiger partial charge in [0.25, 0.3) is 0 Å². The van der Waals surface area contributed by atoms with Gasteiger partial charge in [-0.1, -0.05) is 56.3 Å². The van der Waals surface area contributed by atoms with E-state index in [9.17, 15) is 4.79 Å². The first-order valence-electron chi connectivity index (χ1n) is 10.0. The molecular formula is C24H30N2OS. The van der Waals surface area contributed by atoms with Gasteiger partial charge in [-0.2, -0.15) is 0 Å². The van der Waals surface area contributed by atoms with Crippen LogP contribution in [0.5, 0.6) is 0 Å². The standard InChI is InChI=1S/C24H30N2OS/c1-4-15-28-23-8-6-5-7-22(23)25-24(27)17-26(21-13-14-21)16-19-9-11-20(12-10-19)18(2)3/h4-12,18,21H,1,13-17H2,2-3H3,(H,25,27). The van der Waals surface area contributed by atoms with Crippen molar-refractivity contribution in [1.29, 1.82) is 0 Å². The van der Waals surface area contributed by atoms with E-state index in [1.54, 1.807) is 11.8 Å². The Morgan fingerprint density at radius 1 is 1.21 bits per heavy atom. The highest BCUT2D eigenvalue weighted by Gasteiger charge is 2.30. The van der Waals surface area contributed by atoms with Gasteiger partial charge >= 0.3 is 0 Å². The average molecular weight is 395 g/mol. The monoisotopic (exact) mass is 394 g/mol. The van der Waals surface area contributed by atoms with Crippen LogP contribution in [0.15, 0.2) is 66.1 Å².